The van der Waals surface area contributed by atoms with Gasteiger partial charge in [0.1, 0.15) is 0 Å². The Balaban J connectivity index is 1.75. The van der Waals surface area contributed by atoms with Crippen LogP contribution in [0.25, 0.3) is 0 Å². The summed E-state index contributed by atoms with van der Waals surface area (Å²) < 4.78 is 0. The minimum atomic E-state index is -0.0774. The third kappa shape index (κ3) is 3.17. The van der Waals surface area contributed by atoms with Gasteiger partial charge in [0.2, 0.25) is 5.95 Å². The third-order valence-corrected chi connectivity index (χ3v) is 4.67. The lowest BCUT2D eigenvalue weighted by atomic mass is 10.1. The van der Waals surface area contributed by atoms with E-state index in [9.17, 15) is 4.79 Å². The van der Waals surface area contributed by atoms with Crippen LogP contribution in [0.5, 0.6) is 0 Å². The zero-order valence-electron chi connectivity index (χ0n) is 12.9. The number of carbonyl (C=O) groups is 1. The highest BCUT2D eigenvalue weighted by atomic mass is 35.5. The molecule has 2 fully saturated rings. The third-order valence-electron chi connectivity index (χ3n) is 4.39. The molecule has 1 unspecified atom stereocenters. The van der Waals surface area contributed by atoms with E-state index in [1.807, 2.05) is 11.9 Å². The van der Waals surface area contributed by atoms with Gasteiger partial charge in [0.05, 0.1) is 11.2 Å². The predicted molar refractivity (Wildman–Crippen MR) is 86.4 cm³/mol. The van der Waals surface area contributed by atoms with E-state index >= 15 is 0 Å². The second kappa shape index (κ2) is 6.79. The molecule has 0 spiro atoms. The molecule has 0 bridgehead atoms. The van der Waals surface area contributed by atoms with Gasteiger partial charge in [-0.1, -0.05) is 11.6 Å². The fourth-order valence-electron chi connectivity index (χ4n) is 3.20. The van der Waals surface area contributed by atoms with Gasteiger partial charge in [-0.3, -0.25) is 4.79 Å². The largest absolute Gasteiger partial charge is 0.341 e. The zero-order valence-corrected chi connectivity index (χ0v) is 13.6. The molecule has 3 rings (SSSR count). The average molecular weight is 324 g/mol. The molecule has 0 aliphatic carbocycles. The first-order valence-electron chi connectivity index (χ1n) is 7.90. The number of rotatable bonds is 4. The number of hydrogen-bond donors (Lipinski definition) is 1. The van der Waals surface area contributed by atoms with Crippen molar-refractivity contribution in [1.82, 2.24) is 20.2 Å². The number of nitrogens with zero attached hydrogens (tertiary/aromatic N) is 4. The summed E-state index contributed by atoms with van der Waals surface area (Å²) in [6.45, 7) is 4.36. The number of aromatic nitrogens is 2. The first-order chi connectivity index (χ1) is 10.7. The van der Waals surface area contributed by atoms with Crippen molar-refractivity contribution in [2.45, 2.75) is 19.3 Å². The van der Waals surface area contributed by atoms with Gasteiger partial charge in [0.15, 0.2) is 5.69 Å². The van der Waals surface area contributed by atoms with Crippen LogP contribution in [0.15, 0.2) is 6.20 Å². The fraction of sp³-hybridized carbons (Fsp3) is 0.667. The van der Waals surface area contributed by atoms with Crippen LogP contribution >= 0.6 is 11.6 Å². The highest BCUT2D eigenvalue weighted by Gasteiger charge is 2.29. The van der Waals surface area contributed by atoms with Gasteiger partial charge in [-0.2, -0.15) is 0 Å². The molecule has 1 aromatic rings. The maximum Gasteiger partial charge on any atom is 0.274 e. The quantitative estimate of drug-likeness (QED) is 0.908. The lowest BCUT2D eigenvalue weighted by Crippen LogP contribution is -2.32. The smallest absolute Gasteiger partial charge is 0.274 e. The first kappa shape index (κ1) is 15.5. The number of amides is 1. The van der Waals surface area contributed by atoms with Crippen molar-refractivity contribution in [3.63, 3.8) is 0 Å². The van der Waals surface area contributed by atoms with E-state index in [2.05, 4.69) is 20.2 Å². The SMILES string of the molecule is CNCC1CCN(C(=O)c2nc(N3CCCC3)ncc2Cl)C1. The number of likely N-dealkylation sites (tertiary alicyclic amines) is 1. The van der Waals surface area contributed by atoms with Crippen molar-refractivity contribution < 1.29 is 4.79 Å². The van der Waals surface area contributed by atoms with Gasteiger partial charge in [-0.25, -0.2) is 9.97 Å². The Labute approximate surface area is 135 Å². The first-order valence-corrected chi connectivity index (χ1v) is 8.28. The predicted octanol–water partition coefficient (Wildman–Crippen LogP) is 1.41. The van der Waals surface area contributed by atoms with Gasteiger partial charge in [-0.05, 0) is 38.8 Å². The number of nitrogens with one attached hydrogen (secondary N) is 1. The Morgan fingerprint density at radius 2 is 2.18 bits per heavy atom. The van der Waals surface area contributed by atoms with Crippen molar-refractivity contribution in [2.75, 3.05) is 44.7 Å². The molecule has 1 aromatic heterocycles. The van der Waals surface area contributed by atoms with Crippen LogP contribution in [0.4, 0.5) is 5.95 Å². The van der Waals surface area contributed by atoms with Crippen molar-refractivity contribution in [2.24, 2.45) is 5.92 Å². The van der Waals surface area contributed by atoms with Crippen LogP contribution in [0.2, 0.25) is 5.02 Å². The molecule has 7 heteroatoms. The van der Waals surface area contributed by atoms with E-state index in [0.717, 1.165) is 52.0 Å². The topological polar surface area (TPSA) is 61.4 Å². The van der Waals surface area contributed by atoms with E-state index in [4.69, 9.17) is 11.6 Å². The van der Waals surface area contributed by atoms with Crippen molar-refractivity contribution in [3.8, 4) is 0 Å². The Kier molecular flexibility index (Phi) is 4.78. The molecule has 1 N–H and O–H groups in total. The van der Waals surface area contributed by atoms with Crippen LogP contribution in [0.1, 0.15) is 29.8 Å². The molecule has 1 atom stereocenters. The lowest BCUT2D eigenvalue weighted by Gasteiger charge is -2.19. The fourth-order valence-corrected chi connectivity index (χ4v) is 3.37. The van der Waals surface area contributed by atoms with Gasteiger partial charge < -0.3 is 15.1 Å². The molecular weight excluding hydrogens is 302 g/mol. The molecule has 3 heterocycles. The Hall–Kier alpha value is -1.40. The van der Waals surface area contributed by atoms with Crippen LogP contribution in [-0.2, 0) is 0 Å². The van der Waals surface area contributed by atoms with Crippen molar-refractivity contribution in [3.05, 3.63) is 16.9 Å². The normalized spacial score (nSPS) is 21.6. The van der Waals surface area contributed by atoms with Gasteiger partial charge >= 0.3 is 0 Å². The van der Waals surface area contributed by atoms with E-state index < -0.39 is 0 Å². The molecule has 0 saturated carbocycles. The maximum absolute atomic E-state index is 12.7. The second-order valence-corrected chi connectivity index (χ2v) is 6.43. The van der Waals surface area contributed by atoms with Crippen molar-refractivity contribution in [1.29, 1.82) is 0 Å². The summed E-state index contributed by atoms with van der Waals surface area (Å²) >= 11 is 6.17. The second-order valence-electron chi connectivity index (χ2n) is 6.02. The van der Waals surface area contributed by atoms with Crippen LogP contribution in [0.3, 0.4) is 0 Å². The van der Waals surface area contributed by atoms with E-state index in [1.54, 1.807) is 6.20 Å². The molecule has 2 aliphatic heterocycles. The minimum Gasteiger partial charge on any atom is -0.341 e. The summed E-state index contributed by atoms with van der Waals surface area (Å²) in [7, 11) is 1.94. The summed E-state index contributed by atoms with van der Waals surface area (Å²) in [5.41, 5.74) is 0.337. The molecule has 1 amide bonds. The minimum absolute atomic E-state index is 0.0774. The van der Waals surface area contributed by atoms with Crippen LogP contribution in [0, 0.1) is 5.92 Å². The van der Waals surface area contributed by atoms with E-state index in [1.165, 1.54) is 0 Å². The van der Waals surface area contributed by atoms with E-state index in [-0.39, 0.29) is 5.91 Å². The molecule has 2 saturated heterocycles. The Bertz CT molecular complexity index is 547. The zero-order chi connectivity index (χ0) is 15.5. The standard InChI is InChI=1S/C15H22ClN5O/c1-17-8-11-4-7-21(10-11)14(22)13-12(16)9-18-15(19-13)20-5-2-3-6-20/h9,11,17H,2-8,10H2,1H3. The van der Waals surface area contributed by atoms with Gasteiger partial charge in [0, 0.05) is 26.2 Å². The highest BCUT2D eigenvalue weighted by molar-refractivity contribution is 6.33. The number of hydrogen-bond acceptors (Lipinski definition) is 5. The molecular formula is C15H22ClN5O. The summed E-state index contributed by atoms with van der Waals surface area (Å²) in [6, 6.07) is 0. The number of carbonyl (C=O) groups excluding carboxylic acids is 1. The Morgan fingerprint density at radius 3 is 2.91 bits per heavy atom. The maximum atomic E-state index is 12.7. The molecule has 120 valence electrons. The lowest BCUT2D eigenvalue weighted by molar-refractivity contribution is 0.0781. The summed E-state index contributed by atoms with van der Waals surface area (Å²) in [4.78, 5) is 25.4. The highest BCUT2D eigenvalue weighted by Crippen LogP contribution is 2.23. The van der Waals surface area contributed by atoms with Crippen molar-refractivity contribution >= 4 is 23.5 Å². The van der Waals surface area contributed by atoms with Gasteiger partial charge in [0.25, 0.3) is 5.91 Å². The molecule has 6 nitrogen and oxygen atoms in total. The Morgan fingerprint density at radius 1 is 1.41 bits per heavy atom. The summed E-state index contributed by atoms with van der Waals surface area (Å²) in [6.07, 6.45) is 4.87. The summed E-state index contributed by atoms with van der Waals surface area (Å²) in [5, 5.41) is 3.51. The summed E-state index contributed by atoms with van der Waals surface area (Å²) in [5.74, 6) is 1.05. The number of halogens is 1. The van der Waals surface area contributed by atoms with Gasteiger partial charge in [-0.15, -0.1) is 0 Å². The molecule has 0 aromatic carbocycles. The van der Waals surface area contributed by atoms with Crippen LogP contribution in [-0.4, -0.2) is 60.5 Å². The number of anilines is 1. The molecule has 22 heavy (non-hydrogen) atoms. The average Bonchev–Trinajstić information content (AvgIpc) is 3.19. The molecule has 2 aliphatic rings. The molecule has 0 radical (unpaired) electrons. The van der Waals surface area contributed by atoms with E-state index in [0.29, 0.717) is 22.6 Å². The van der Waals surface area contributed by atoms with Crippen LogP contribution < -0.4 is 10.2 Å². The monoisotopic (exact) mass is 323 g/mol.